The maximum Gasteiger partial charge on any atom is 0.225 e. The van der Waals surface area contributed by atoms with Crippen LogP contribution in [0.4, 0.5) is 11.4 Å². The van der Waals surface area contributed by atoms with Crippen molar-refractivity contribution in [1.29, 1.82) is 0 Å². The Morgan fingerprint density at radius 1 is 1.29 bits per heavy atom. The second-order valence-electron chi connectivity index (χ2n) is 5.27. The summed E-state index contributed by atoms with van der Waals surface area (Å²) in [5.74, 6) is 0.343. The van der Waals surface area contributed by atoms with Crippen LogP contribution in [-0.4, -0.2) is 50.4 Å². The molecule has 0 aromatic heterocycles. The lowest BCUT2D eigenvalue weighted by molar-refractivity contribution is -0.116. The average molecular weight is 311 g/mol. The molecule has 0 spiro atoms. The van der Waals surface area contributed by atoms with Crippen molar-refractivity contribution in [3.63, 3.8) is 0 Å². The lowest BCUT2D eigenvalue weighted by Gasteiger charge is -2.18. The van der Waals surface area contributed by atoms with Crippen LogP contribution < -0.4 is 11.1 Å². The third-order valence-corrected chi connectivity index (χ3v) is 5.19. The number of amides is 1. The van der Waals surface area contributed by atoms with E-state index >= 15 is 0 Å². The highest BCUT2D eigenvalue weighted by atomic mass is 32.2. The Kier molecular flexibility index (Phi) is 5.19. The molecule has 1 aliphatic heterocycles. The number of benzene rings is 1. The van der Waals surface area contributed by atoms with Crippen molar-refractivity contribution in [3.8, 4) is 0 Å². The van der Waals surface area contributed by atoms with E-state index in [4.69, 9.17) is 5.73 Å². The minimum atomic E-state index is -2.90. The molecule has 0 radical (unpaired) electrons. The van der Waals surface area contributed by atoms with E-state index in [1.807, 2.05) is 4.90 Å². The van der Waals surface area contributed by atoms with Gasteiger partial charge in [-0.1, -0.05) is 6.07 Å². The molecular formula is C14H21N3O3S. The lowest BCUT2D eigenvalue weighted by Crippen LogP contribution is -2.30. The van der Waals surface area contributed by atoms with Gasteiger partial charge < -0.3 is 16.0 Å². The van der Waals surface area contributed by atoms with Crippen LogP contribution in [0, 0.1) is 0 Å². The van der Waals surface area contributed by atoms with Crippen LogP contribution in [-0.2, 0) is 14.6 Å². The van der Waals surface area contributed by atoms with E-state index in [0.717, 1.165) is 6.54 Å². The number of nitrogens with two attached hydrogens (primary N) is 1. The van der Waals surface area contributed by atoms with Gasteiger partial charge in [0.15, 0.2) is 9.84 Å². The lowest BCUT2D eigenvalue weighted by atomic mass is 10.2. The Bertz CT molecular complexity index is 601. The van der Waals surface area contributed by atoms with Crippen LogP contribution in [0.2, 0.25) is 0 Å². The van der Waals surface area contributed by atoms with Gasteiger partial charge in [-0.25, -0.2) is 8.42 Å². The SMILES string of the molecule is Nc1cccc(NC(=O)CCN2CCCS(=O)(=O)CC2)c1. The molecule has 0 saturated carbocycles. The molecular weight excluding hydrogens is 290 g/mol. The Labute approximate surface area is 125 Å². The first-order valence-corrected chi connectivity index (χ1v) is 8.85. The second-order valence-corrected chi connectivity index (χ2v) is 7.57. The molecule has 1 aromatic rings. The van der Waals surface area contributed by atoms with Gasteiger partial charge in [-0.2, -0.15) is 0 Å². The highest BCUT2D eigenvalue weighted by molar-refractivity contribution is 7.91. The molecule has 21 heavy (non-hydrogen) atoms. The average Bonchev–Trinajstić information content (AvgIpc) is 2.57. The van der Waals surface area contributed by atoms with Crippen molar-refractivity contribution in [1.82, 2.24) is 4.90 Å². The molecule has 1 heterocycles. The van der Waals surface area contributed by atoms with E-state index in [-0.39, 0.29) is 17.4 Å². The highest BCUT2D eigenvalue weighted by Gasteiger charge is 2.19. The Hall–Kier alpha value is -1.60. The predicted molar refractivity (Wildman–Crippen MR) is 83.8 cm³/mol. The van der Waals surface area contributed by atoms with Gasteiger partial charge in [0.05, 0.1) is 11.5 Å². The molecule has 0 aliphatic carbocycles. The van der Waals surface area contributed by atoms with E-state index in [1.165, 1.54) is 0 Å². The number of hydrogen-bond acceptors (Lipinski definition) is 5. The molecule has 6 nitrogen and oxygen atoms in total. The van der Waals surface area contributed by atoms with Gasteiger partial charge in [-0.05, 0) is 31.2 Å². The summed E-state index contributed by atoms with van der Waals surface area (Å²) in [4.78, 5) is 13.9. The van der Waals surface area contributed by atoms with Crippen molar-refractivity contribution in [2.24, 2.45) is 0 Å². The van der Waals surface area contributed by atoms with Crippen molar-refractivity contribution < 1.29 is 13.2 Å². The fourth-order valence-electron chi connectivity index (χ4n) is 2.31. The molecule has 0 bridgehead atoms. The van der Waals surface area contributed by atoms with E-state index in [9.17, 15) is 13.2 Å². The summed E-state index contributed by atoms with van der Waals surface area (Å²) in [6.45, 7) is 1.81. The van der Waals surface area contributed by atoms with Crippen LogP contribution in [0.5, 0.6) is 0 Å². The zero-order chi connectivity index (χ0) is 15.3. The summed E-state index contributed by atoms with van der Waals surface area (Å²) in [6.07, 6.45) is 0.980. The molecule has 1 aliphatic rings. The predicted octanol–water partition coefficient (Wildman–Crippen LogP) is 0.718. The monoisotopic (exact) mass is 311 g/mol. The van der Waals surface area contributed by atoms with Crippen LogP contribution in [0.15, 0.2) is 24.3 Å². The minimum Gasteiger partial charge on any atom is -0.399 e. The first-order chi connectivity index (χ1) is 9.94. The number of nitrogen functional groups attached to an aromatic ring is 1. The largest absolute Gasteiger partial charge is 0.399 e. The van der Waals surface area contributed by atoms with Crippen molar-refractivity contribution >= 4 is 27.1 Å². The second kappa shape index (κ2) is 6.91. The molecule has 116 valence electrons. The molecule has 0 unspecified atom stereocenters. The van der Waals surface area contributed by atoms with E-state index in [2.05, 4.69) is 5.32 Å². The van der Waals surface area contributed by atoms with Crippen LogP contribution in [0.25, 0.3) is 0 Å². The Balaban J connectivity index is 1.79. The third-order valence-electron chi connectivity index (χ3n) is 3.47. The molecule has 1 fully saturated rings. The van der Waals surface area contributed by atoms with Crippen LogP contribution in [0.1, 0.15) is 12.8 Å². The minimum absolute atomic E-state index is 0.0901. The van der Waals surface area contributed by atoms with Gasteiger partial charge in [-0.15, -0.1) is 0 Å². The van der Waals surface area contributed by atoms with Gasteiger partial charge in [0.2, 0.25) is 5.91 Å². The number of carbonyl (C=O) groups excluding carboxylic acids is 1. The quantitative estimate of drug-likeness (QED) is 0.799. The van der Waals surface area contributed by atoms with Crippen molar-refractivity contribution in [2.75, 3.05) is 42.2 Å². The van der Waals surface area contributed by atoms with Gasteiger partial charge in [0.1, 0.15) is 0 Å². The van der Waals surface area contributed by atoms with E-state index < -0.39 is 9.84 Å². The summed E-state index contributed by atoms with van der Waals surface area (Å²) in [5, 5.41) is 2.79. The summed E-state index contributed by atoms with van der Waals surface area (Å²) in [7, 11) is -2.90. The maximum atomic E-state index is 11.9. The molecule has 0 atom stereocenters. The molecule has 1 saturated heterocycles. The smallest absolute Gasteiger partial charge is 0.225 e. The number of nitrogens with one attached hydrogen (secondary N) is 1. The Morgan fingerprint density at radius 3 is 2.86 bits per heavy atom. The third kappa shape index (κ3) is 5.35. The van der Waals surface area contributed by atoms with Crippen molar-refractivity contribution in [2.45, 2.75) is 12.8 Å². The number of sulfone groups is 1. The number of carbonyl (C=O) groups is 1. The number of hydrogen-bond donors (Lipinski definition) is 2. The zero-order valence-electron chi connectivity index (χ0n) is 11.9. The van der Waals surface area contributed by atoms with Crippen LogP contribution in [0.3, 0.4) is 0 Å². The maximum absolute atomic E-state index is 11.9. The summed E-state index contributed by atoms with van der Waals surface area (Å²) < 4.78 is 23.0. The number of rotatable bonds is 4. The summed E-state index contributed by atoms with van der Waals surface area (Å²) in [5.41, 5.74) is 6.93. The fourth-order valence-corrected chi connectivity index (χ4v) is 3.62. The highest BCUT2D eigenvalue weighted by Crippen LogP contribution is 2.12. The normalized spacial score (nSPS) is 18.9. The van der Waals surface area contributed by atoms with E-state index in [1.54, 1.807) is 24.3 Å². The fraction of sp³-hybridized carbons (Fsp3) is 0.500. The van der Waals surface area contributed by atoms with Crippen molar-refractivity contribution in [3.05, 3.63) is 24.3 Å². The summed E-state index contributed by atoms with van der Waals surface area (Å²) >= 11 is 0. The molecule has 1 aromatic carbocycles. The first kappa shape index (κ1) is 15.8. The summed E-state index contributed by atoms with van der Waals surface area (Å²) in [6, 6.07) is 7.03. The van der Waals surface area contributed by atoms with Gasteiger partial charge >= 0.3 is 0 Å². The van der Waals surface area contributed by atoms with Gasteiger partial charge in [0.25, 0.3) is 0 Å². The molecule has 7 heteroatoms. The molecule has 2 rings (SSSR count). The molecule has 3 N–H and O–H groups in total. The van der Waals surface area contributed by atoms with Gasteiger partial charge in [0, 0.05) is 30.9 Å². The first-order valence-electron chi connectivity index (χ1n) is 7.03. The van der Waals surface area contributed by atoms with E-state index in [0.29, 0.717) is 37.3 Å². The standard InChI is InChI=1S/C14H21N3O3S/c15-12-3-1-4-13(11-12)16-14(18)5-7-17-6-2-9-21(19,20)10-8-17/h1,3-4,11H,2,5-10,15H2,(H,16,18). The molecule has 1 amide bonds. The Morgan fingerprint density at radius 2 is 2.10 bits per heavy atom. The number of anilines is 2. The van der Waals surface area contributed by atoms with Gasteiger partial charge in [-0.3, -0.25) is 4.79 Å². The topological polar surface area (TPSA) is 92.5 Å². The van der Waals surface area contributed by atoms with Crippen LogP contribution >= 0.6 is 0 Å². The number of nitrogens with zero attached hydrogens (tertiary/aromatic N) is 1. The zero-order valence-corrected chi connectivity index (χ0v) is 12.7.